The Labute approximate surface area is 122 Å². The molecule has 0 aliphatic rings. The van der Waals surface area contributed by atoms with E-state index in [4.69, 9.17) is 0 Å². The van der Waals surface area contributed by atoms with Crippen LogP contribution in [0.3, 0.4) is 0 Å². The minimum Gasteiger partial charge on any atom is -0.406 e. The van der Waals surface area contributed by atoms with Crippen molar-refractivity contribution in [2.45, 2.75) is 20.2 Å². The van der Waals surface area contributed by atoms with E-state index in [9.17, 15) is 18.0 Å². The van der Waals surface area contributed by atoms with E-state index in [0.717, 1.165) is 0 Å². The first-order valence-corrected chi connectivity index (χ1v) is 6.67. The number of nitrogens with one attached hydrogen (secondary N) is 1. The first kappa shape index (κ1) is 15.3. The number of thiazole rings is 1. The van der Waals surface area contributed by atoms with Crippen molar-refractivity contribution in [1.29, 1.82) is 0 Å². The number of hydrogen-bond acceptors (Lipinski definition) is 5. The summed E-state index contributed by atoms with van der Waals surface area (Å²) in [5, 5.41) is 3.43. The summed E-state index contributed by atoms with van der Waals surface area (Å²) in [4.78, 5) is 16.1. The van der Waals surface area contributed by atoms with Crippen LogP contribution in [0.15, 0.2) is 24.3 Å². The molecule has 0 saturated carbocycles. The second kappa shape index (κ2) is 5.72. The van der Waals surface area contributed by atoms with Crippen LogP contribution in [-0.2, 0) is 0 Å². The summed E-state index contributed by atoms with van der Waals surface area (Å²) in [5.41, 5.74) is 1.17. The maximum Gasteiger partial charge on any atom is 0.573 e. The van der Waals surface area contributed by atoms with E-state index in [1.54, 1.807) is 6.92 Å². The van der Waals surface area contributed by atoms with Gasteiger partial charge in [-0.1, -0.05) is 11.3 Å². The summed E-state index contributed by atoms with van der Waals surface area (Å²) in [5.74, 6) is -0.375. The van der Waals surface area contributed by atoms with Crippen LogP contribution < -0.4 is 10.1 Å². The topological polar surface area (TPSA) is 51.2 Å². The number of halogens is 3. The van der Waals surface area contributed by atoms with Gasteiger partial charge in [0.05, 0.1) is 10.6 Å². The predicted octanol–water partition coefficient (Wildman–Crippen LogP) is 4.30. The molecule has 0 atom stereocenters. The first-order chi connectivity index (χ1) is 9.74. The van der Waals surface area contributed by atoms with Crippen LogP contribution in [-0.4, -0.2) is 17.1 Å². The van der Waals surface area contributed by atoms with Crippen molar-refractivity contribution < 1.29 is 22.7 Å². The molecular weight excluding hydrogens is 305 g/mol. The molecule has 0 saturated heterocycles. The smallest absolute Gasteiger partial charge is 0.406 e. The number of benzene rings is 1. The van der Waals surface area contributed by atoms with E-state index >= 15 is 0 Å². The van der Waals surface area contributed by atoms with Gasteiger partial charge >= 0.3 is 6.36 Å². The lowest BCUT2D eigenvalue weighted by Gasteiger charge is -2.09. The Kier molecular flexibility index (Phi) is 4.17. The average Bonchev–Trinajstić information content (AvgIpc) is 2.71. The summed E-state index contributed by atoms with van der Waals surface area (Å²) >= 11 is 1.19. The molecule has 1 N–H and O–H groups in total. The highest BCUT2D eigenvalue weighted by Crippen LogP contribution is 2.28. The number of Topliss-reactive ketones (excluding diaryl/α,β-unsaturated/α-hetero) is 1. The van der Waals surface area contributed by atoms with E-state index in [2.05, 4.69) is 15.0 Å². The Balaban J connectivity index is 2.10. The molecule has 0 spiro atoms. The molecule has 0 aliphatic heterocycles. The van der Waals surface area contributed by atoms with Crippen molar-refractivity contribution >= 4 is 27.9 Å². The van der Waals surface area contributed by atoms with Crippen LogP contribution in [0, 0.1) is 6.92 Å². The molecule has 0 amide bonds. The number of rotatable bonds is 4. The molecule has 0 unspecified atom stereocenters. The van der Waals surface area contributed by atoms with E-state index in [-0.39, 0.29) is 11.5 Å². The highest BCUT2D eigenvalue weighted by Gasteiger charge is 2.30. The molecule has 0 fully saturated rings. The molecule has 8 heteroatoms. The van der Waals surface area contributed by atoms with Crippen LogP contribution in [0.25, 0.3) is 0 Å². The number of anilines is 2. The molecule has 1 heterocycles. The predicted molar refractivity (Wildman–Crippen MR) is 73.3 cm³/mol. The fourth-order valence-corrected chi connectivity index (χ4v) is 2.52. The Morgan fingerprint density at radius 2 is 1.90 bits per heavy atom. The number of alkyl halides is 3. The minimum absolute atomic E-state index is 0.0769. The average molecular weight is 316 g/mol. The molecule has 2 aromatic rings. The number of hydrogen-bond donors (Lipinski definition) is 1. The van der Waals surface area contributed by atoms with Gasteiger partial charge in [-0.25, -0.2) is 4.98 Å². The van der Waals surface area contributed by atoms with Crippen molar-refractivity contribution in [1.82, 2.24) is 4.98 Å². The Bertz CT molecular complexity index is 650. The lowest BCUT2D eigenvalue weighted by molar-refractivity contribution is -0.274. The number of aryl methyl sites for hydroxylation is 1. The van der Waals surface area contributed by atoms with Crippen molar-refractivity contribution in [2.75, 3.05) is 5.32 Å². The Hall–Kier alpha value is -2.09. The third-order valence-electron chi connectivity index (χ3n) is 2.46. The van der Waals surface area contributed by atoms with E-state index in [0.29, 0.717) is 21.4 Å². The molecule has 2 rings (SSSR count). The van der Waals surface area contributed by atoms with Crippen LogP contribution in [0.5, 0.6) is 5.75 Å². The summed E-state index contributed by atoms with van der Waals surface area (Å²) in [7, 11) is 0. The zero-order valence-corrected chi connectivity index (χ0v) is 11.9. The highest BCUT2D eigenvalue weighted by molar-refractivity contribution is 7.17. The van der Waals surface area contributed by atoms with Gasteiger partial charge in [-0.2, -0.15) is 0 Å². The van der Waals surface area contributed by atoms with Crippen LogP contribution in [0.4, 0.5) is 24.0 Å². The number of ketones is 1. The van der Waals surface area contributed by atoms with Crippen LogP contribution in [0.2, 0.25) is 0 Å². The van der Waals surface area contributed by atoms with Gasteiger partial charge in [0.1, 0.15) is 5.75 Å². The zero-order chi connectivity index (χ0) is 15.6. The molecule has 0 aliphatic carbocycles. The molecule has 112 valence electrons. The lowest BCUT2D eigenvalue weighted by atomic mass is 10.3. The largest absolute Gasteiger partial charge is 0.573 e. The summed E-state index contributed by atoms with van der Waals surface area (Å²) < 4.78 is 39.9. The number of nitrogens with zero attached hydrogens (tertiary/aromatic N) is 1. The van der Waals surface area contributed by atoms with Gasteiger partial charge in [0, 0.05) is 12.6 Å². The Morgan fingerprint density at radius 1 is 1.29 bits per heavy atom. The van der Waals surface area contributed by atoms with E-state index in [1.165, 1.54) is 42.5 Å². The van der Waals surface area contributed by atoms with Gasteiger partial charge in [-0.15, -0.1) is 13.2 Å². The standard InChI is InChI=1S/C13H11F3N2O2S/c1-7-11(8(2)19)21-12(17-7)18-9-3-5-10(6-4-9)20-13(14,15)16/h3-6H,1-2H3,(H,17,18). The molecule has 0 radical (unpaired) electrons. The van der Waals surface area contributed by atoms with Gasteiger partial charge in [-0.3, -0.25) is 4.79 Å². The van der Waals surface area contributed by atoms with Crippen LogP contribution >= 0.6 is 11.3 Å². The minimum atomic E-state index is -4.71. The quantitative estimate of drug-likeness (QED) is 0.855. The fourth-order valence-electron chi connectivity index (χ4n) is 1.64. The summed E-state index contributed by atoms with van der Waals surface area (Å²) in [6.07, 6.45) is -4.71. The third kappa shape index (κ3) is 4.19. The number of aromatic nitrogens is 1. The zero-order valence-electron chi connectivity index (χ0n) is 11.1. The van der Waals surface area contributed by atoms with Crippen molar-refractivity contribution in [3.8, 4) is 5.75 Å². The van der Waals surface area contributed by atoms with E-state index in [1.807, 2.05) is 0 Å². The van der Waals surface area contributed by atoms with Gasteiger partial charge in [-0.05, 0) is 31.2 Å². The molecular formula is C13H11F3N2O2S. The normalized spacial score (nSPS) is 11.3. The number of carbonyl (C=O) groups is 1. The second-order valence-electron chi connectivity index (χ2n) is 4.19. The maximum absolute atomic E-state index is 12.0. The van der Waals surface area contributed by atoms with Crippen molar-refractivity contribution in [2.24, 2.45) is 0 Å². The van der Waals surface area contributed by atoms with Gasteiger partial charge in [0.25, 0.3) is 0 Å². The summed E-state index contributed by atoms with van der Waals surface area (Å²) in [6, 6.07) is 5.26. The second-order valence-corrected chi connectivity index (χ2v) is 5.19. The highest BCUT2D eigenvalue weighted by atomic mass is 32.1. The third-order valence-corrected chi connectivity index (χ3v) is 3.63. The number of carbonyl (C=O) groups excluding carboxylic acids is 1. The van der Waals surface area contributed by atoms with Crippen molar-refractivity contribution in [3.63, 3.8) is 0 Å². The van der Waals surface area contributed by atoms with E-state index < -0.39 is 6.36 Å². The fraction of sp³-hybridized carbons (Fsp3) is 0.231. The molecule has 4 nitrogen and oxygen atoms in total. The molecule has 21 heavy (non-hydrogen) atoms. The van der Waals surface area contributed by atoms with Crippen LogP contribution in [0.1, 0.15) is 22.3 Å². The maximum atomic E-state index is 12.0. The molecule has 0 bridgehead atoms. The first-order valence-electron chi connectivity index (χ1n) is 5.86. The van der Waals surface area contributed by atoms with Gasteiger partial charge < -0.3 is 10.1 Å². The Morgan fingerprint density at radius 3 is 2.38 bits per heavy atom. The monoisotopic (exact) mass is 316 g/mol. The number of ether oxygens (including phenoxy) is 1. The lowest BCUT2D eigenvalue weighted by Crippen LogP contribution is -2.16. The summed E-state index contributed by atoms with van der Waals surface area (Å²) in [6.45, 7) is 3.17. The molecule has 1 aromatic heterocycles. The molecule has 1 aromatic carbocycles. The van der Waals surface area contributed by atoms with Gasteiger partial charge in [0.2, 0.25) is 0 Å². The van der Waals surface area contributed by atoms with Gasteiger partial charge in [0.15, 0.2) is 10.9 Å². The van der Waals surface area contributed by atoms with Crippen molar-refractivity contribution in [3.05, 3.63) is 34.8 Å². The SMILES string of the molecule is CC(=O)c1sc(Nc2ccc(OC(F)(F)F)cc2)nc1C.